The van der Waals surface area contributed by atoms with E-state index in [1.165, 1.54) is 20.5 Å². The van der Waals surface area contributed by atoms with Crippen LogP contribution < -0.4 is 4.90 Å². The van der Waals surface area contributed by atoms with Crippen molar-refractivity contribution in [1.29, 1.82) is 0 Å². The topological polar surface area (TPSA) is 70.6 Å². The number of hydrogen-bond acceptors (Lipinski definition) is 5. The Hall–Kier alpha value is -3.85. The summed E-state index contributed by atoms with van der Waals surface area (Å²) in [6.45, 7) is 3.94. The van der Waals surface area contributed by atoms with Crippen molar-refractivity contribution in [3.05, 3.63) is 125 Å². The summed E-state index contributed by atoms with van der Waals surface area (Å²) >= 11 is 1.41. The summed E-state index contributed by atoms with van der Waals surface area (Å²) in [5.74, 6) is -0.200. The van der Waals surface area contributed by atoms with Crippen LogP contribution in [0.1, 0.15) is 27.7 Å². The van der Waals surface area contributed by atoms with Crippen LogP contribution in [0.15, 0.2) is 108 Å². The summed E-state index contributed by atoms with van der Waals surface area (Å²) in [6.07, 6.45) is 4.97. The number of hydrogen-bond donors (Lipinski definition) is 0. The number of aromatic nitrogens is 1. The zero-order valence-electron chi connectivity index (χ0n) is 20.2. The third-order valence-corrected chi connectivity index (χ3v) is 8.86. The molecule has 0 N–H and O–H groups in total. The van der Waals surface area contributed by atoms with Crippen LogP contribution in [0.5, 0.6) is 0 Å². The van der Waals surface area contributed by atoms with Crippen molar-refractivity contribution >= 4 is 44.6 Å². The highest BCUT2D eigenvalue weighted by Crippen LogP contribution is 2.40. The van der Waals surface area contributed by atoms with Crippen molar-refractivity contribution in [2.24, 2.45) is 0 Å². The lowest BCUT2D eigenvalue weighted by Gasteiger charge is -2.31. The molecule has 0 unspecified atom stereocenters. The van der Waals surface area contributed by atoms with Gasteiger partial charge in [-0.1, -0.05) is 66.7 Å². The molecule has 0 atom stereocenters. The number of nitrogens with zero attached hydrogens (tertiary/aromatic N) is 3. The zero-order chi connectivity index (χ0) is 26.0. The van der Waals surface area contributed by atoms with E-state index >= 15 is 0 Å². The molecule has 0 saturated carbocycles. The highest BCUT2D eigenvalue weighted by molar-refractivity contribution is 7.89. The number of amides is 1. The normalized spacial score (nSPS) is 14.5. The van der Waals surface area contributed by atoms with Crippen molar-refractivity contribution in [2.45, 2.75) is 10.9 Å². The first-order chi connectivity index (χ1) is 17.9. The van der Waals surface area contributed by atoms with Crippen LogP contribution in [-0.2, 0) is 14.8 Å². The van der Waals surface area contributed by atoms with Gasteiger partial charge in [0, 0.05) is 30.7 Å². The van der Waals surface area contributed by atoms with Crippen molar-refractivity contribution < 1.29 is 13.2 Å². The second kappa shape index (κ2) is 10.3. The number of anilines is 1. The predicted octanol–water partition coefficient (Wildman–Crippen LogP) is 5.63. The van der Waals surface area contributed by atoms with E-state index in [4.69, 9.17) is 0 Å². The number of likely N-dealkylation sites (N-methyl/N-ethyl adjacent to an activating group) is 1. The summed E-state index contributed by atoms with van der Waals surface area (Å²) in [4.78, 5) is 18.9. The van der Waals surface area contributed by atoms with Gasteiger partial charge in [-0.2, -0.15) is 4.31 Å². The van der Waals surface area contributed by atoms with E-state index in [9.17, 15) is 13.2 Å². The zero-order valence-corrected chi connectivity index (χ0v) is 21.8. The van der Waals surface area contributed by atoms with Crippen LogP contribution in [0.4, 0.5) is 5.69 Å². The number of thiazole rings is 1. The van der Waals surface area contributed by atoms with Crippen LogP contribution in [0.3, 0.4) is 0 Å². The molecule has 0 radical (unpaired) electrons. The third-order valence-electron chi connectivity index (χ3n) is 6.31. The summed E-state index contributed by atoms with van der Waals surface area (Å²) in [5, 5.41) is 2.51. The molecular formula is C29H25N3O3S2. The van der Waals surface area contributed by atoms with Gasteiger partial charge in [0.2, 0.25) is 10.0 Å². The molecule has 1 aliphatic heterocycles. The number of carbonyl (C=O) groups is 1. The van der Waals surface area contributed by atoms with E-state index < -0.39 is 16.1 Å². The van der Waals surface area contributed by atoms with Crippen LogP contribution in [0, 0.1) is 0 Å². The molecule has 37 heavy (non-hydrogen) atoms. The quantitative estimate of drug-likeness (QED) is 0.220. The highest BCUT2D eigenvalue weighted by atomic mass is 32.2. The first-order valence-electron chi connectivity index (χ1n) is 11.7. The van der Waals surface area contributed by atoms with Gasteiger partial charge in [0.1, 0.15) is 5.01 Å². The number of rotatable bonds is 8. The van der Waals surface area contributed by atoms with Gasteiger partial charge in [-0.3, -0.25) is 4.79 Å². The van der Waals surface area contributed by atoms with Crippen LogP contribution >= 0.6 is 11.3 Å². The molecule has 0 bridgehead atoms. The highest BCUT2D eigenvalue weighted by Gasteiger charge is 2.36. The fourth-order valence-electron chi connectivity index (χ4n) is 4.56. The fraction of sp³-hybridized carbons (Fsp3) is 0.103. The van der Waals surface area contributed by atoms with Crippen molar-refractivity contribution in [3.63, 3.8) is 0 Å². The van der Waals surface area contributed by atoms with E-state index in [0.29, 0.717) is 21.8 Å². The maximum atomic E-state index is 14.2. The van der Waals surface area contributed by atoms with Crippen molar-refractivity contribution in [2.75, 3.05) is 18.5 Å². The minimum absolute atomic E-state index is 0.106. The molecule has 0 spiro atoms. The second-order valence-electron chi connectivity index (χ2n) is 8.56. The smallest absolute Gasteiger partial charge is 0.258 e. The monoisotopic (exact) mass is 527 g/mol. The molecule has 5 rings (SSSR count). The molecule has 186 valence electrons. The largest absolute Gasteiger partial charge is 0.311 e. The Bertz CT molecular complexity index is 1530. The van der Waals surface area contributed by atoms with Crippen LogP contribution in [0.25, 0.3) is 11.6 Å². The van der Waals surface area contributed by atoms with Crippen molar-refractivity contribution in [1.82, 2.24) is 9.29 Å². The van der Waals surface area contributed by atoms with E-state index in [-0.39, 0.29) is 17.3 Å². The minimum atomic E-state index is -4.01. The molecule has 6 nitrogen and oxygen atoms in total. The minimum Gasteiger partial charge on any atom is -0.311 e. The first-order valence-corrected chi connectivity index (χ1v) is 14.0. The maximum absolute atomic E-state index is 14.2. The molecule has 1 aliphatic rings. The molecule has 4 aromatic rings. The van der Waals surface area contributed by atoms with Gasteiger partial charge in [-0.25, -0.2) is 13.4 Å². The summed E-state index contributed by atoms with van der Waals surface area (Å²) in [7, 11) is -2.33. The van der Waals surface area contributed by atoms with Gasteiger partial charge in [0.25, 0.3) is 5.91 Å². The first kappa shape index (κ1) is 24.8. The van der Waals surface area contributed by atoms with Gasteiger partial charge < -0.3 is 4.90 Å². The van der Waals surface area contributed by atoms with E-state index in [2.05, 4.69) is 11.6 Å². The van der Waals surface area contributed by atoms with Gasteiger partial charge in [0.15, 0.2) is 0 Å². The lowest BCUT2D eigenvalue weighted by Crippen LogP contribution is -2.35. The molecule has 8 heteroatoms. The number of sulfonamides is 1. The number of carbonyl (C=O) groups excluding carboxylic acids is 1. The molecule has 2 heterocycles. The Morgan fingerprint density at radius 2 is 1.68 bits per heavy atom. The fourth-order valence-corrected chi connectivity index (χ4v) is 6.73. The van der Waals surface area contributed by atoms with Crippen LogP contribution in [0.2, 0.25) is 0 Å². The SMILES string of the molecule is C=CCN(C(c1ccccc1)c1ccccc1)S(=O)(=O)c1ccc2c(c1)/C(=C\c1nccs1)C(=O)N2C. The third kappa shape index (κ3) is 4.67. The summed E-state index contributed by atoms with van der Waals surface area (Å²) in [6, 6.07) is 23.4. The Morgan fingerprint density at radius 1 is 1.03 bits per heavy atom. The lowest BCUT2D eigenvalue weighted by atomic mass is 9.99. The average Bonchev–Trinajstić information content (AvgIpc) is 3.52. The molecule has 0 aliphatic carbocycles. The average molecular weight is 528 g/mol. The van der Waals surface area contributed by atoms with Gasteiger partial charge in [-0.05, 0) is 35.4 Å². The van der Waals surface area contributed by atoms with Crippen LogP contribution in [-0.4, -0.2) is 37.2 Å². The summed E-state index contributed by atoms with van der Waals surface area (Å²) < 4.78 is 29.9. The Kier molecular flexibility index (Phi) is 6.88. The molecule has 1 aromatic heterocycles. The number of benzene rings is 3. The Balaban J connectivity index is 1.64. The molecular weight excluding hydrogens is 502 g/mol. The van der Waals surface area contributed by atoms with E-state index in [1.807, 2.05) is 66.0 Å². The molecule has 0 saturated heterocycles. The molecule has 1 amide bonds. The lowest BCUT2D eigenvalue weighted by molar-refractivity contribution is -0.112. The van der Waals surface area contributed by atoms with Gasteiger partial charge in [-0.15, -0.1) is 17.9 Å². The predicted molar refractivity (Wildman–Crippen MR) is 149 cm³/mol. The van der Waals surface area contributed by atoms with E-state index in [0.717, 1.165) is 11.1 Å². The van der Waals surface area contributed by atoms with Crippen molar-refractivity contribution in [3.8, 4) is 0 Å². The Morgan fingerprint density at radius 3 is 2.24 bits per heavy atom. The van der Waals surface area contributed by atoms with E-state index in [1.54, 1.807) is 43.6 Å². The standard InChI is InChI=1S/C29H25N3O3S2/c1-3-17-32(28(21-10-6-4-7-11-21)22-12-8-5-9-13-22)37(34,35)23-14-15-26-24(19-23)25(29(33)31(26)2)20-27-30-16-18-36-27/h3-16,18-20,28H,1,17H2,2H3/b25-20+. The number of fused-ring (bicyclic) bond motifs is 1. The summed E-state index contributed by atoms with van der Waals surface area (Å²) in [5.41, 5.74) is 3.34. The second-order valence-corrected chi connectivity index (χ2v) is 11.4. The molecule has 0 fully saturated rings. The Labute approximate surface area is 220 Å². The maximum Gasteiger partial charge on any atom is 0.258 e. The molecule has 3 aromatic carbocycles. The van der Waals surface area contributed by atoms with Gasteiger partial charge in [0.05, 0.1) is 22.2 Å². The van der Waals surface area contributed by atoms with Gasteiger partial charge >= 0.3 is 0 Å².